The molecule has 0 aliphatic rings. The second-order valence-corrected chi connectivity index (χ2v) is 6.15. The van der Waals surface area contributed by atoms with E-state index in [1.165, 1.54) is 0 Å². The smallest absolute Gasteiger partial charge is 0.279 e. The normalized spacial score (nSPS) is 11.6. The van der Waals surface area contributed by atoms with E-state index >= 15 is 0 Å². The molecule has 5 nitrogen and oxygen atoms in total. The molecule has 0 fully saturated rings. The number of nitrogens with one attached hydrogen (secondary N) is 2. The standard InChI is InChI=1S/C10H8Cl2FN3O2S/c1-5-14-4-9(15-5)19(17,18)16-10-7(11)2-6(13)3-8(10)12/h2-4,16H,1H3,(H,14,15). The zero-order valence-electron chi connectivity index (χ0n) is 9.54. The lowest BCUT2D eigenvalue weighted by Gasteiger charge is -2.10. The molecule has 0 saturated carbocycles. The van der Waals surface area contributed by atoms with Gasteiger partial charge in [0.15, 0.2) is 5.03 Å². The molecule has 0 aliphatic heterocycles. The maximum absolute atomic E-state index is 13.0. The van der Waals surface area contributed by atoms with Crippen molar-refractivity contribution in [1.29, 1.82) is 0 Å². The number of sulfonamides is 1. The number of halogens is 3. The first-order valence-corrected chi connectivity index (χ1v) is 7.22. The van der Waals surface area contributed by atoms with Gasteiger partial charge in [-0.25, -0.2) is 9.37 Å². The molecule has 1 aromatic carbocycles. The summed E-state index contributed by atoms with van der Waals surface area (Å²) < 4.78 is 39.2. The molecule has 0 radical (unpaired) electrons. The van der Waals surface area contributed by atoms with Gasteiger partial charge >= 0.3 is 0 Å². The van der Waals surface area contributed by atoms with Gasteiger partial charge in [-0.2, -0.15) is 8.42 Å². The third-order valence-corrected chi connectivity index (χ3v) is 4.07. The topological polar surface area (TPSA) is 74.8 Å². The highest BCUT2D eigenvalue weighted by Gasteiger charge is 2.20. The lowest BCUT2D eigenvalue weighted by molar-refractivity contribution is 0.598. The SMILES string of the molecule is Cc1ncc(S(=O)(=O)Nc2c(Cl)cc(F)cc2Cl)[nH]1. The van der Waals surface area contributed by atoms with Gasteiger partial charge in [0.1, 0.15) is 11.6 Å². The fraction of sp³-hybridized carbons (Fsp3) is 0.100. The molecule has 0 spiro atoms. The highest BCUT2D eigenvalue weighted by atomic mass is 35.5. The molecule has 2 aromatic rings. The largest absolute Gasteiger partial charge is 0.332 e. The Labute approximate surface area is 118 Å². The number of hydrogen-bond acceptors (Lipinski definition) is 3. The van der Waals surface area contributed by atoms with Crippen molar-refractivity contribution < 1.29 is 12.8 Å². The second kappa shape index (κ2) is 4.99. The monoisotopic (exact) mass is 323 g/mol. The first-order valence-electron chi connectivity index (χ1n) is 4.98. The molecule has 9 heteroatoms. The van der Waals surface area contributed by atoms with Crippen LogP contribution in [0, 0.1) is 12.7 Å². The zero-order chi connectivity index (χ0) is 14.2. The minimum atomic E-state index is -3.91. The van der Waals surface area contributed by atoms with Gasteiger partial charge in [0.2, 0.25) is 0 Å². The molecular formula is C10H8Cl2FN3O2S. The van der Waals surface area contributed by atoms with Crippen molar-refractivity contribution in [3.05, 3.63) is 40.0 Å². The molecule has 0 unspecified atom stereocenters. The summed E-state index contributed by atoms with van der Waals surface area (Å²) in [5, 5.41) is -0.406. The zero-order valence-corrected chi connectivity index (χ0v) is 11.9. The third kappa shape index (κ3) is 2.99. The quantitative estimate of drug-likeness (QED) is 0.911. The summed E-state index contributed by atoms with van der Waals surface area (Å²) in [5.41, 5.74) is -0.0861. The van der Waals surface area contributed by atoms with Crippen LogP contribution < -0.4 is 4.72 Å². The Morgan fingerprint density at radius 1 is 1.32 bits per heavy atom. The number of hydrogen-bond donors (Lipinski definition) is 2. The van der Waals surface area contributed by atoms with Gasteiger partial charge in [-0.05, 0) is 19.1 Å². The third-order valence-electron chi connectivity index (χ3n) is 2.21. The maximum Gasteiger partial charge on any atom is 0.279 e. The summed E-state index contributed by atoms with van der Waals surface area (Å²) in [6.07, 6.45) is 1.16. The number of imidazole rings is 1. The lowest BCUT2D eigenvalue weighted by Crippen LogP contribution is -2.14. The summed E-state index contributed by atoms with van der Waals surface area (Å²) >= 11 is 11.5. The molecular weight excluding hydrogens is 316 g/mol. The van der Waals surface area contributed by atoms with E-state index in [-0.39, 0.29) is 20.8 Å². The number of nitrogens with zero attached hydrogens (tertiary/aromatic N) is 1. The number of benzene rings is 1. The minimum Gasteiger partial charge on any atom is -0.332 e. The summed E-state index contributed by atoms with van der Waals surface area (Å²) in [7, 11) is -3.91. The predicted molar refractivity (Wildman–Crippen MR) is 70.6 cm³/mol. The van der Waals surface area contributed by atoms with Crippen LogP contribution in [-0.4, -0.2) is 18.4 Å². The van der Waals surface area contributed by atoms with Crippen LogP contribution in [0.15, 0.2) is 23.4 Å². The molecule has 102 valence electrons. The fourth-order valence-electron chi connectivity index (χ4n) is 1.36. The van der Waals surface area contributed by atoms with E-state index < -0.39 is 15.8 Å². The van der Waals surface area contributed by atoms with Gasteiger partial charge in [-0.1, -0.05) is 23.2 Å². The average Bonchev–Trinajstić information content (AvgIpc) is 2.71. The number of anilines is 1. The Kier molecular flexibility index (Phi) is 3.71. The van der Waals surface area contributed by atoms with Gasteiger partial charge in [-0.15, -0.1) is 0 Å². The van der Waals surface area contributed by atoms with Crippen LogP contribution in [0.1, 0.15) is 5.82 Å². The summed E-state index contributed by atoms with van der Waals surface area (Å²) in [4.78, 5) is 6.35. The van der Waals surface area contributed by atoms with Crippen molar-refractivity contribution in [3.63, 3.8) is 0 Å². The van der Waals surface area contributed by atoms with E-state index in [4.69, 9.17) is 23.2 Å². The lowest BCUT2D eigenvalue weighted by atomic mass is 10.3. The number of aryl methyl sites for hydroxylation is 1. The van der Waals surface area contributed by atoms with E-state index in [0.29, 0.717) is 5.82 Å². The Morgan fingerprint density at radius 3 is 2.37 bits per heavy atom. The molecule has 2 N–H and O–H groups in total. The number of rotatable bonds is 3. The van der Waals surface area contributed by atoms with E-state index in [9.17, 15) is 12.8 Å². The van der Waals surface area contributed by atoms with Crippen LogP contribution in [0.3, 0.4) is 0 Å². The highest BCUT2D eigenvalue weighted by molar-refractivity contribution is 7.92. The van der Waals surface area contributed by atoms with Crippen LogP contribution in [0.25, 0.3) is 0 Å². The van der Waals surface area contributed by atoms with Crippen LogP contribution >= 0.6 is 23.2 Å². The fourth-order valence-corrected chi connectivity index (χ4v) is 3.10. The highest BCUT2D eigenvalue weighted by Crippen LogP contribution is 2.32. The first kappa shape index (κ1) is 14.1. The molecule has 19 heavy (non-hydrogen) atoms. The Morgan fingerprint density at radius 2 is 1.89 bits per heavy atom. The number of aromatic nitrogens is 2. The predicted octanol–water partition coefficient (Wildman–Crippen LogP) is 2.96. The average molecular weight is 324 g/mol. The van der Waals surface area contributed by atoms with E-state index in [2.05, 4.69) is 14.7 Å². The van der Waals surface area contributed by atoms with Crippen LogP contribution in [-0.2, 0) is 10.0 Å². The molecule has 2 rings (SSSR count). The molecule has 0 aliphatic carbocycles. The van der Waals surface area contributed by atoms with Crippen molar-refractivity contribution >= 4 is 38.9 Å². The van der Waals surface area contributed by atoms with Crippen molar-refractivity contribution in [1.82, 2.24) is 9.97 Å². The Balaban J connectivity index is 2.41. The van der Waals surface area contributed by atoms with Crippen molar-refractivity contribution in [2.24, 2.45) is 0 Å². The van der Waals surface area contributed by atoms with Crippen molar-refractivity contribution in [3.8, 4) is 0 Å². The summed E-state index contributed by atoms with van der Waals surface area (Å²) in [5.74, 6) is -0.216. The van der Waals surface area contributed by atoms with Gasteiger partial charge in [0, 0.05) is 0 Å². The maximum atomic E-state index is 13.0. The summed E-state index contributed by atoms with van der Waals surface area (Å²) in [6.45, 7) is 1.61. The van der Waals surface area contributed by atoms with Crippen molar-refractivity contribution in [2.75, 3.05) is 4.72 Å². The first-order chi connectivity index (χ1) is 8.79. The van der Waals surface area contributed by atoms with E-state index in [1.807, 2.05) is 0 Å². The van der Waals surface area contributed by atoms with Gasteiger partial charge in [0.05, 0.1) is 21.9 Å². The van der Waals surface area contributed by atoms with Gasteiger partial charge in [-0.3, -0.25) is 4.72 Å². The molecule has 0 atom stereocenters. The van der Waals surface area contributed by atoms with Gasteiger partial charge in [0.25, 0.3) is 10.0 Å². The van der Waals surface area contributed by atoms with Crippen LogP contribution in [0.4, 0.5) is 10.1 Å². The number of aromatic amines is 1. The Bertz CT molecular complexity index is 707. The van der Waals surface area contributed by atoms with E-state index in [1.54, 1.807) is 6.92 Å². The molecule has 0 amide bonds. The van der Waals surface area contributed by atoms with Crippen molar-refractivity contribution in [2.45, 2.75) is 11.9 Å². The molecule has 0 saturated heterocycles. The van der Waals surface area contributed by atoms with Crippen LogP contribution in [0.2, 0.25) is 10.0 Å². The summed E-state index contributed by atoms with van der Waals surface area (Å²) in [6, 6.07) is 1.92. The van der Waals surface area contributed by atoms with Crippen LogP contribution in [0.5, 0.6) is 0 Å². The molecule has 1 aromatic heterocycles. The second-order valence-electron chi connectivity index (χ2n) is 3.68. The molecule has 1 heterocycles. The van der Waals surface area contributed by atoms with E-state index in [0.717, 1.165) is 18.3 Å². The number of H-pyrrole nitrogens is 1. The minimum absolute atomic E-state index is 0.0861. The Hall–Kier alpha value is -1.31. The van der Waals surface area contributed by atoms with Gasteiger partial charge < -0.3 is 4.98 Å². The molecule has 0 bridgehead atoms.